The number of aliphatic imine (C=N–C) groups is 1. The molecule has 1 heterocycles. The predicted molar refractivity (Wildman–Crippen MR) is 77.2 cm³/mol. The minimum Gasteiger partial charge on any atom is -0.370 e. The summed E-state index contributed by atoms with van der Waals surface area (Å²) in [6, 6.07) is 5.94. The molecule has 8 nitrogen and oxygen atoms in total. The van der Waals surface area contributed by atoms with E-state index in [0.717, 1.165) is 0 Å². The molecule has 4 N–H and O–H groups in total. The normalized spacial score (nSPS) is 10.9. The van der Waals surface area contributed by atoms with E-state index in [-0.39, 0.29) is 29.7 Å². The van der Waals surface area contributed by atoms with E-state index in [1.165, 1.54) is 25.2 Å². The fourth-order valence-corrected chi connectivity index (χ4v) is 1.64. The number of H-pyrrole nitrogens is 1. The number of carbonyl (C=O) groups is 1. The number of aromatic amines is 1. The fraction of sp³-hybridized carbons (Fsp3) is 0.0909. The minimum atomic E-state index is -0.600. The molecule has 0 unspecified atom stereocenters. The first-order valence-electron chi connectivity index (χ1n) is 5.35. The van der Waals surface area contributed by atoms with Crippen LogP contribution in [0.1, 0.15) is 10.5 Å². The highest BCUT2D eigenvalue weighted by molar-refractivity contribution is 6.05. The molecule has 0 aliphatic heterocycles. The van der Waals surface area contributed by atoms with Crippen LogP contribution in [0.5, 0.6) is 0 Å². The molecule has 0 fully saturated rings. The maximum absolute atomic E-state index is 11.8. The van der Waals surface area contributed by atoms with Crippen LogP contribution in [0.25, 0.3) is 10.9 Å². The molecule has 1 aromatic heterocycles. The molecule has 0 radical (unpaired) electrons. The molecule has 0 aliphatic rings. The van der Waals surface area contributed by atoms with Gasteiger partial charge in [-0.05, 0) is 12.1 Å². The quantitative estimate of drug-likeness (QED) is 0.332. The van der Waals surface area contributed by atoms with Gasteiger partial charge in [0.25, 0.3) is 11.6 Å². The van der Waals surface area contributed by atoms with Crippen molar-refractivity contribution in [3.8, 4) is 0 Å². The molecule has 2 rings (SSSR count). The maximum atomic E-state index is 11.8. The summed E-state index contributed by atoms with van der Waals surface area (Å²) in [5, 5.41) is 13.7. The smallest absolute Gasteiger partial charge is 0.296 e. The van der Waals surface area contributed by atoms with Gasteiger partial charge < -0.3 is 16.0 Å². The van der Waals surface area contributed by atoms with Crippen LogP contribution in [0.3, 0.4) is 0 Å². The number of hydrogen-bond donors (Lipinski definition) is 3. The Balaban J connectivity index is 0.00000200. The number of hydrogen-bond acceptors (Lipinski definition) is 3. The van der Waals surface area contributed by atoms with Crippen LogP contribution < -0.4 is 11.1 Å². The van der Waals surface area contributed by atoms with Gasteiger partial charge in [0.1, 0.15) is 5.69 Å². The zero-order chi connectivity index (χ0) is 14.0. The number of nitrogens with two attached hydrogens (primary N) is 1. The third kappa shape index (κ3) is 2.86. The van der Waals surface area contributed by atoms with Gasteiger partial charge >= 0.3 is 0 Å². The molecule has 20 heavy (non-hydrogen) atoms. The number of amides is 1. The van der Waals surface area contributed by atoms with Crippen molar-refractivity contribution in [2.24, 2.45) is 10.7 Å². The Morgan fingerprint density at radius 1 is 1.50 bits per heavy atom. The largest absolute Gasteiger partial charge is 0.370 e. The maximum Gasteiger partial charge on any atom is 0.296 e. The van der Waals surface area contributed by atoms with E-state index in [4.69, 9.17) is 5.73 Å². The molecule has 0 bridgehead atoms. The van der Waals surface area contributed by atoms with Crippen molar-refractivity contribution in [2.75, 3.05) is 7.05 Å². The van der Waals surface area contributed by atoms with Crippen LogP contribution in [0.15, 0.2) is 29.3 Å². The highest BCUT2D eigenvalue weighted by atomic mass is 35.5. The number of nitro groups is 1. The van der Waals surface area contributed by atoms with Crippen molar-refractivity contribution in [1.29, 1.82) is 0 Å². The number of nitro benzene ring substituents is 1. The van der Waals surface area contributed by atoms with Gasteiger partial charge in [-0.15, -0.1) is 12.4 Å². The van der Waals surface area contributed by atoms with Crippen molar-refractivity contribution in [3.63, 3.8) is 0 Å². The predicted octanol–water partition coefficient (Wildman–Crippen LogP) is 1.17. The molecule has 1 aromatic carbocycles. The lowest BCUT2D eigenvalue weighted by atomic mass is 10.2. The minimum absolute atomic E-state index is 0. The van der Waals surface area contributed by atoms with Gasteiger partial charge in [-0.1, -0.05) is 6.07 Å². The summed E-state index contributed by atoms with van der Waals surface area (Å²) in [5.41, 5.74) is 5.95. The lowest BCUT2D eigenvalue weighted by Gasteiger charge is -1.95. The van der Waals surface area contributed by atoms with Crippen LogP contribution in [0, 0.1) is 10.1 Å². The third-order valence-electron chi connectivity index (χ3n) is 2.55. The van der Waals surface area contributed by atoms with E-state index in [9.17, 15) is 14.9 Å². The molecule has 9 heteroatoms. The number of fused-ring (bicyclic) bond motifs is 1. The molecule has 106 valence electrons. The first kappa shape index (κ1) is 15.4. The van der Waals surface area contributed by atoms with Gasteiger partial charge in [0.05, 0.1) is 15.8 Å². The summed E-state index contributed by atoms with van der Waals surface area (Å²) in [6.07, 6.45) is 0. The monoisotopic (exact) mass is 297 g/mol. The number of nitrogens with zero attached hydrogens (tertiary/aromatic N) is 2. The van der Waals surface area contributed by atoms with Crippen molar-refractivity contribution in [2.45, 2.75) is 0 Å². The number of rotatable bonds is 2. The Bertz CT molecular complexity index is 694. The second-order valence-electron chi connectivity index (χ2n) is 3.73. The van der Waals surface area contributed by atoms with Crippen LogP contribution in [-0.4, -0.2) is 28.8 Å². The number of aromatic nitrogens is 1. The lowest BCUT2D eigenvalue weighted by molar-refractivity contribution is -0.383. The van der Waals surface area contributed by atoms with Gasteiger partial charge in [-0.3, -0.25) is 14.9 Å². The molecule has 1 amide bonds. The van der Waals surface area contributed by atoms with Crippen molar-refractivity contribution in [1.82, 2.24) is 10.3 Å². The summed E-state index contributed by atoms with van der Waals surface area (Å²) in [4.78, 5) is 28.5. The summed E-state index contributed by atoms with van der Waals surface area (Å²) in [5.74, 6) is -0.629. The number of nitrogens with one attached hydrogen (secondary N) is 2. The number of halogens is 1. The molecule has 0 spiro atoms. The Morgan fingerprint density at radius 2 is 2.20 bits per heavy atom. The topological polar surface area (TPSA) is 126 Å². The van der Waals surface area contributed by atoms with Crippen LogP contribution in [0.4, 0.5) is 5.69 Å². The number of guanidine groups is 1. The van der Waals surface area contributed by atoms with Crippen LogP contribution in [-0.2, 0) is 0 Å². The van der Waals surface area contributed by atoms with E-state index in [1.54, 1.807) is 6.07 Å². The van der Waals surface area contributed by atoms with Crippen molar-refractivity contribution >= 4 is 40.9 Å². The second-order valence-corrected chi connectivity index (χ2v) is 3.73. The molecule has 0 atom stereocenters. The highest BCUT2D eigenvalue weighted by Gasteiger charge is 2.16. The van der Waals surface area contributed by atoms with E-state index in [0.29, 0.717) is 10.9 Å². The average Bonchev–Trinajstić information content (AvgIpc) is 2.81. The molecule has 0 saturated carbocycles. The van der Waals surface area contributed by atoms with Crippen molar-refractivity contribution < 1.29 is 9.72 Å². The SMILES string of the molecule is CNC(N)=NC(=O)c1cc2c([N+](=O)[O-])cccc2[nH]1.Cl. The molecular formula is C11H12ClN5O3. The average molecular weight is 298 g/mol. The summed E-state index contributed by atoms with van der Waals surface area (Å²) in [6.45, 7) is 0. The van der Waals surface area contributed by atoms with Crippen molar-refractivity contribution in [3.05, 3.63) is 40.1 Å². The Morgan fingerprint density at radius 3 is 2.80 bits per heavy atom. The van der Waals surface area contributed by atoms with Gasteiger partial charge in [0, 0.05) is 13.1 Å². The van der Waals surface area contributed by atoms with E-state index in [2.05, 4.69) is 15.3 Å². The Labute approximate surface area is 119 Å². The molecule has 2 aromatic rings. The number of non-ortho nitro benzene ring substituents is 1. The number of carbonyl (C=O) groups excluding carboxylic acids is 1. The first-order chi connectivity index (χ1) is 9.02. The summed E-state index contributed by atoms with van der Waals surface area (Å²) in [7, 11) is 1.53. The highest BCUT2D eigenvalue weighted by Crippen LogP contribution is 2.26. The fourth-order valence-electron chi connectivity index (χ4n) is 1.64. The van der Waals surface area contributed by atoms with Gasteiger partial charge in [0.2, 0.25) is 0 Å². The zero-order valence-corrected chi connectivity index (χ0v) is 11.2. The Kier molecular flexibility index (Phi) is 4.65. The summed E-state index contributed by atoms with van der Waals surface area (Å²) >= 11 is 0. The van der Waals surface area contributed by atoms with Crippen LogP contribution in [0.2, 0.25) is 0 Å². The number of benzene rings is 1. The van der Waals surface area contributed by atoms with Gasteiger partial charge in [-0.25, -0.2) is 0 Å². The van der Waals surface area contributed by atoms with E-state index < -0.39 is 10.8 Å². The van der Waals surface area contributed by atoms with Gasteiger partial charge in [0.15, 0.2) is 5.96 Å². The molecule has 0 aliphatic carbocycles. The first-order valence-corrected chi connectivity index (χ1v) is 5.35. The standard InChI is InChI=1S/C11H11N5O3.ClH/c1-13-11(12)15-10(17)8-5-6-7(14-8)3-2-4-9(6)16(18)19;/h2-5,14H,1H3,(H3,12,13,15,17);1H. The van der Waals surface area contributed by atoms with Gasteiger partial charge in [-0.2, -0.15) is 4.99 Å². The van der Waals surface area contributed by atoms with E-state index >= 15 is 0 Å². The lowest BCUT2D eigenvalue weighted by Crippen LogP contribution is -2.28. The molecular weight excluding hydrogens is 286 g/mol. The molecule has 0 saturated heterocycles. The van der Waals surface area contributed by atoms with Crippen LogP contribution >= 0.6 is 12.4 Å². The second kappa shape index (κ2) is 6.02. The van der Waals surface area contributed by atoms with E-state index in [1.807, 2.05) is 0 Å². The summed E-state index contributed by atoms with van der Waals surface area (Å²) < 4.78 is 0. The Hall–Kier alpha value is -2.61. The zero-order valence-electron chi connectivity index (χ0n) is 10.4. The third-order valence-corrected chi connectivity index (χ3v) is 2.55.